The number of aromatic nitrogens is 2. The van der Waals surface area contributed by atoms with Gasteiger partial charge in [-0.2, -0.15) is 5.10 Å². The van der Waals surface area contributed by atoms with Gasteiger partial charge in [0.2, 0.25) is 10.0 Å². The van der Waals surface area contributed by atoms with E-state index in [1.165, 1.54) is 0 Å². The molecule has 0 amide bonds. The smallest absolute Gasteiger partial charge is 0.246 e. The van der Waals surface area contributed by atoms with Gasteiger partial charge < -0.3 is 0 Å². The molecule has 0 saturated heterocycles. The normalized spacial score (nSPS) is 11.4. The number of benzene rings is 1. The highest BCUT2D eigenvalue weighted by Gasteiger charge is 2.11. The molecule has 2 rings (SSSR count). The van der Waals surface area contributed by atoms with Gasteiger partial charge in [-0.25, -0.2) is 13.1 Å². The Morgan fingerprint density at radius 2 is 2.06 bits per heavy atom. The molecule has 5 nitrogen and oxygen atoms in total. The second-order valence-corrected chi connectivity index (χ2v) is 5.60. The number of anilines is 1. The van der Waals surface area contributed by atoms with Crippen molar-refractivity contribution in [2.45, 2.75) is 0 Å². The van der Waals surface area contributed by atoms with E-state index in [4.69, 9.17) is 11.6 Å². The lowest BCUT2D eigenvalue weighted by Gasteiger charge is -2.10. The summed E-state index contributed by atoms with van der Waals surface area (Å²) in [6, 6.07) is 8.71. The molecule has 17 heavy (non-hydrogen) atoms. The first-order valence-electron chi connectivity index (χ1n) is 4.78. The van der Waals surface area contributed by atoms with Gasteiger partial charge in [0.1, 0.15) is 5.21 Å². The van der Waals surface area contributed by atoms with Crippen LogP contribution in [0.1, 0.15) is 0 Å². The number of hydrogen-bond donors (Lipinski definition) is 1. The largest absolute Gasteiger partial charge is 0.280 e. The predicted molar refractivity (Wildman–Crippen MR) is 66.8 cm³/mol. The average Bonchev–Trinajstić information content (AvgIpc) is 2.83. The molecule has 1 aromatic carbocycles. The molecular weight excluding hydrogens is 262 g/mol. The van der Waals surface area contributed by atoms with E-state index in [0.29, 0.717) is 11.4 Å². The molecule has 0 radical (unpaired) electrons. The molecule has 0 fully saturated rings. The quantitative estimate of drug-likeness (QED) is 0.863. The number of para-hydroxylation sites is 2. The highest BCUT2D eigenvalue weighted by atomic mass is 35.5. The number of sulfonamides is 1. The van der Waals surface area contributed by atoms with Crippen molar-refractivity contribution >= 4 is 27.3 Å². The van der Waals surface area contributed by atoms with Crippen LogP contribution in [-0.2, 0) is 10.0 Å². The van der Waals surface area contributed by atoms with Gasteiger partial charge in [-0.1, -0.05) is 12.1 Å². The Labute approximate surface area is 104 Å². The fraction of sp³-hybridized carbons (Fsp3) is 0.100. The summed E-state index contributed by atoms with van der Waals surface area (Å²) in [4.78, 5) is 0. The van der Waals surface area contributed by atoms with Crippen LogP contribution in [0.4, 0.5) is 5.69 Å². The van der Waals surface area contributed by atoms with E-state index < -0.39 is 15.2 Å². The Morgan fingerprint density at radius 1 is 1.29 bits per heavy atom. The lowest BCUT2D eigenvalue weighted by Crippen LogP contribution is -2.15. The van der Waals surface area contributed by atoms with Crippen LogP contribution in [0, 0.1) is 0 Å². The summed E-state index contributed by atoms with van der Waals surface area (Å²) in [5, 5.41) is 3.57. The van der Waals surface area contributed by atoms with Crippen LogP contribution in [0.25, 0.3) is 5.69 Å². The number of nitrogens with zero attached hydrogens (tertiary/aromatic N) is 2. The zero-order valence-electron chi connectivity index (χ0n) is 8.75. The lowest BCUT2D eigenvalue weighted by atomic mass is 10.3. The summed E-state index contributed by atoms with van der Waals surface area (Å²) in [5.74, 6) is 0. The van der Waals surface area contributed by atoms with E-state index in [2.05, 4.69) is 9.82 Å². The van der Waals surface area contributed by atoms with Gasteiger partial charge in [0, 0.05) is 12.4 Å². The van der Waals surface area contributed by atoms with E-state index in [0.717, 1.165) is 0 Å². The molecular formula is C10H10ClN3O2S. The monoisotopic (exact) mass is 271 g/mol. The minimum absolute atomic E-state index is 0.442. The van der Waals surface area contributed by atoms with Crippen LogP contribution in [0.15, 0.2) is 42.7 Å². The molecule has 0 saturated carbocycles. The van der Waals surface area contributed by atoms with E-state index in [9.17, 15) is 8.42 Å². The van der Waals surface area contributed by atoms with Gasteiger partial charge >= 0.3 is 0 Å². The Morgan fingerprint density at radius 3 is 2.71 bits per heavy atom. The molecule has 1 aromatic heterocycles. The summed E-state index contributed by atoms with van der Waals surface area (Å²) in [5.41, 5.74) is 1.09. The fourth-order valence-electron chi connectivity index (χ4n) is 1.37. The van der Waals surface area contributed by atoms with Crippen molar-refractivity contribution in [3.8, 4) is 5.69 Å². The van der Waals surface area contributed by atoms with E-state index in [1.54, 1.807) is 47.4 Å². The van der Waals surface area contributed by atoms with E-state index >= 15 is 0 Å². The molecule has 0 spiro atoms. The van der Waals surface area contributed by atoms with Crippen LogP contribution >= 0.6 is 11.6 Å². The van der Waals surface area contributed by atoms with Gasteiger partial charge in [0.05, 0.1) is 11.4 Å². The first-order chi connectivity index (χ1) is 8.12. The highest BCUT2D eigenvalue weighted by molar-refractivity contribution is 7.93. The molecule has 0 aliphatic heterocycles. The van der Waals surface area contributed by atoms with Crippen molar-refractivity contribution in [1.29, 1.82) is 0 Å². The molecule has 7 heteroatoms. The number of nitrogens with one attached hydrogen (secondary N) is 1. The molecule has 0 aliphatic rings. The summed E-state index contributed by atoms with van der Waals surface area (Å²) in [7, 11) is -3.51. The maximum absolute atomic E-state index is 11.4. The minimum atomic E-state index is -3.51. The summed E-state index contributed by atoms with van der Waals surface area (Å²) in [6.45, 7) is 0. The zero-order valence-corrected chi connectivity index (χ0v) is 10.3. The van der Waals surface area contributed by atoms with Crippen LogP contribution in [0.2, 0.25) is 0 Å². The Bertz CT molecular complexity index is 596. The molecule has 90 valence electrons. The molecule has 1 heterocycles. The molecule has 2 aromatic rings. The fourth-order valence-corrected chi connectivity index (χ4v) is 2.09. The van der Waals surface area contributed by atoms with Crippen molar-refractivity contribution in [3.05, 3.63) is 42.7 Å². The number of alkyl halides is 1. The maximum atomic E-state index is 11.4. The van der Waals surface area contributed by atoms with Gasteiger partial charge in [-0.05, 0) is 18.2 Å². The Kier molecular flexibility index (Phi) is 3.35. The molecule has 0 unspecified atom stereocenters. The van der Waals surface area contributed by atoms with Crippen LogP contribution in [-0.4, -0.2) is 23.4 Å². The van der Waals surface area contributed by atoms with E-state index in [1.807, 2.05) is 0 Å². The van der Waals surface area contributed by atoms with Crippen LogP contribution < -0.4 is 4.72 Å². The standard InChI is InChI=1S/C10H10ClN3O2S/c11-8-17(15,16)13-9-4-1-2-5-10(9)14-7-3-6-12-14/h1-7,13H,8H2. The second-order valence-electron chi connectivity index (χ2n) is 3.29. The first kappa shape index (κ1) is 11.9. The highest BCUT2D eigenvalue weighted by Crippen LogP contribution is 2.20. The van der Waals surface area contributed by atoms with Gasteiger partial charge in [0.15, 0.2) is 0 Å². The predicted octanol–water partition coefficient (Wildman–Crippen LogP) is 1.81. The number of rotatable bonds is 4. The van der Waals surface area contributed by atoms with Crippen molar-refractivity contribution in [2.24, 2.45) is 0 Å². The first-order valence-corrected chi connectivity index (χ1v) is 6.96. The molecule has 0 aliphatic carbocycles. The SMILES string of the molecule is O=S(=O)(CCl)Nc1ccccc1-n1cccn1. The number of hydrogen-bond acceptors (Lipinski definition) is 3. The van der Waals surface area contributed by atoms with Crippen LogP contribution in [0.3, 0.4) is 0 Å². The molecule has 0 bridgehead atoms. The van der Waals surface area contributed by atoms with Crippen molar-refractivity contribution in [2.75, 3.05) is 9.93 Å². The third-order valence-corrected chi connectivity index (χ3v) is 3.74. The molecule has 0 atom stereocenters. The van der Waals surface area contributed by atoms with Crippen molar-refractivity contribution < 1.29 is 8.42 Å². The lowest BCUT2D eigenvalue weighted by molar-refractivity contribution is 0.605. The Balaban J connectivity index is 2.42. The summed E-state index contributed by atoms with van der Waals surface area (Å²) >= 11 is 5.35. The topological polar surface area (TPSA) is 64.0 Å². The van der Waals surface area contributed by atoms with Gasteiger partial charge in [0.25, 0.3) is 0 Å². The zero-order chi connectivity index (χ0) is 12.3. The summed E-state index contributed by atoms with van der Waals surface area (Å²) < 4.78 is 26.8. The van der Waals surface area contributed by atoms with E-state index in [-0.39, 0.29) is 0 Å². The third kappa shape index (κ3) is 2.78. The van der Waals surface area contributed by atoms with Crippen molar-refractivity contribution in [3.63, 3.8) is 0 Å². The third-order valence-electron chi connectivity index (χ3n) is 2.06. The average molecular weight is 272 g/mol. The second kappa shape index (κ2) is 4.77. The minimum Gasteiger partial charge on any atom is -0.280 e. The van der Waals surface area contributed by atoms with Gasteiger partial charge in [-0.15, -0.1) is 11.6 Å². The number of halogens is 1. The molecule has 1 N–H and O–H groups in total. The summed E-state index contributed by atoms with van der Waals surface area (Å²) in [6.07, 6.45) is 3.35. The van der Waals surface area contributed by atoms with Crippen molar-refractivity contribution in [1.82, 2.24) is 9.78 Å². The Hall–Kier alpha value is -1.53. The van der Waals surface area contributed by atoms with Crippen LogP contribution in [0.5, 0.6) is 0 Å². The van der Waals surface area contributed by atoms with Gasteiger partial charge in [-0.3, -0.25) is 4.72 Å². The maximum Gasteiger partial charge on any atom is 0.246 e.